The minimum Gasteiger partial charge on any atom is -0.314 e. The summed E-state index contributed by atoms with van der Waals surface area (Å²) in [6.45, 7) is 3.17. The van der Waals surface area contributed by atoms with Crippen molar-refractivity contribution in [2.45, 2.75) is 76.9 Å². The summed E-state index contributed by atoms with van der Waals surface area (Å²) < 4.78 is 38.3. The highest BCUT2D eigenvalue weighted by molar-refractivity contribution is 4.83. The molecule has 0 aromatic rings. The Bertz CT molecular complexity index is 282. The van der Waals surface area contributed by atoms with Gasteiger partial charge in [0.2, 0.25) is 0 Å². The smallest absolute Gasteiger partial charge is 0.314 e. The van der Waals surface area contributed by atoms with E-state index in [2.05, 4.69) is 12.2 Å². The molecule has 4 heteroatoms. The zero-order chi connectivity index (χ0) is 14.6. The Morgan fingerprint density at radius 3 is 2.20 bits per heavy atom. The van der Waals surface area contributed by atoms with E-state index in [-0.39, 0.29) is 12.5 Å². The maximum Gasteiger partial charge on any atom is 0.391 e. The summed E-state index contributed by atoms with van der Waals surface area (Å²) in [5.41, 5.74) is 0. The maximum atomic E-state index is 12.8. The van der Waals surface area contributed by atoms with Gasteiger partial charge in [0, 0.05) is 6.04 Å². The first-order valence-electron chi connectivity index (χ1n) is 8.29. The lowest BCUT2D eigenvalue weighted by molar-refractivity contribution is -0.183. The van der Waals surface area contributed by atoms with Gasteiger partial charge in [-0.3, -0.25) is 0 Å². The molecule has 118 valence electrons. The minimum absolute atomic E-state index is 0.0827. The Morgan fingerprint density at radius 1 is 0.950 bits per heavy atom. The molecule has 0 heterocycles. The van der Waals surface area contributed by atoms with E-state index in [1.165, 1.54) is 32.1 Å². The van der Waals surface area contributed by atoms with E-state index in [0.29, 0.717) is 18.8 Å². The highest BCUT2D eigenvalue weighted by atomic mass is 19.4. The van der Waals surface area contributed by atoms with E-state index in [9.17, 15) is 13.2 Å². The Labute approximate surface area is 120 Å². The van der Waals surface area contributed by atoms with Crippen LogP contribution >= 0.6 is 0 Å². The molecular weight excluding hydrogens is 263 g/mol. The monoisotopic (exact) mass is 291 g/mol. The molecule has 2 saturated carbocycles. The van der Waals surface area contributed by atoms with Crippen molar-refractivity contribution in [1.82, 2.24) is 5.32 Å². The summed E-state index contributed by atoms with van der Waals surface area (Å²) in [5.74, 6) is 0.490. The molecule has 0 aromatic heterocycles. The molecule has 0 spiro atoms. The van der Waals surface area contributed by atoms with Crippen molar-refractivity contribution in [2.24, 2.45) is 17.8 Å². The molecule has 2 aliphatic rings. The van der Waals surface area contributed by atoms with Crippen molar-refractivity contribution < 1.29 is 13.2 Å². The van der Waals surface area contributed by atoms with Crippen LogP contribution in [-0.4, -0.2) is 18.8 Å². The largest absolute Gasteiger partial charge is 0.391 e. The van der Waals surface area contributed by atoms with Crippen molar-refractivity contribution in [3.8, 4) is 0 Å². The van der Waals surface area contributed by atoms with Crippen LogP contribution in [0.15, 0.2) is 0 Å². The van der Waals surface area contributed by atoms with Crippen LogP contribution in [0.3, 0.4) is 0 Å². The van der Waals surface area contributed by atoms with E-state index < -0.39 is 12.1 Å². The molecule has 2 aliphatic carbocycles. The number of alkyl halides is 3. The summed E-state index contributed by atoms with van der Waals surface area (Å²) in [7, 11) is 0. The van der Waals surface area contributed by atoms with Gasteiger partial charge in [-0.15, -0.1) is 0 Å². The van der Waals surface area contributed by atoms with Gasteiger partial charge < -0.3 is 5.32 Å². The average Bonchev–Trinajstić information content (AvgIpc) is 2.45. The van der Waals surface area contributed by atoms with Crippen LogP contribution in [0, 0.1) is 17.8 Å². The average molecular weight is 291 g/mol. The third-order valence-electron chi connectivity index (χ3n) is 5.38. The second-order valence-corrected chi connectivity index (χ2v) is 6.81. The maximum absolute atomic E-state index is 12.8. The Kier molecular flexibility index (Phi) is 5.76. The van der Waals surface area contributed by atoms with E-state index in [1.54, 1.807) is 0 Å². The predicted molar refractivity (Wildman–Crippen MR) is 75.5 cm³/mol. The standard InChI is InChI=1S/C16H28F3N/c1-2-12-6-8-13(9-7-12)11-20-15-5-3-4-14(10-15)16(17,18)19/h12-15,20H,2-11H2,1H3. The van der Waals surface area contributed by atoms with Crippen LogP contribution < -0.4 is 5.32 Å². The molecule has 0 bridgehead atoms. The SMILES string of the molecule is CCC1CCC(CNC2CCCC(C(F)(F)F)C2)CC1. The van der Waals surface area contributed by atoms with E-state index in [0.717, 1.165) is 18.9 Å². The Morgan fingerprint density at radius 2 is 1.60 bits per heavy atom. The van der Waals surface area contributed by atoms with E-state index in [1.807, 2.05) is 0 Å². The van der Waals surface area contributed by atoms with Crippen molar-refractivity contribution in [1.29, 1.82) is 0 Å². The highest BCUT2D eigenvalue weighted by Crippen LogP contribution is 2.37. The normalized spacial score (nSPS) is 36.0. The number of nitrogens with one attached hydrogen (secondary N) is 1. The van der Waals surface area contributed by atoms with Crippen LogP contribution in [0.5, 0.6) is 0 Å². The van der Waals surface area contributed by atoms with Crippen LogP contribution in [0.25, 0.3) is 0 Å². The Balaban J connectivity index is 1.69. The molecule has 0 amide bonds. The fourth-order valence-corrected chi connectivity index (χ4v) is 3.85. The van der Waals surface area contributed by atoms with Gasteiger partial charge >= 0.3 is 6.18 Å². The molecule has 0 saturated heterocycles. The first kappa shape index (κ1) is 16.1. The number of hydrogen-bond acceptors (Lipinski definition) is 1. The molecule has 2 atom stereocenters. The second-order valence-electron chi connectivity index (χ2n) is 6.81. The van der Waals surface area contributed by atoms with Gasteiger partial charge in [0.1, 0.15) is 0 Å². The van der Waals surface area contributed by atoms with E-state index in [4.69, 9.17) is 0 Å². The lowest BCUT2D eigenvalue weighted by atomic mass is 9.80. The van der Waals surface area contributed by atoms with Crippen LogP contribution in [-0.2, 0) is 0 Å². The zero-order valence-electron chi connectivity index (χ0n) is 12.5. The molecular formula is C16H28F3N. The summed E-state index contributed by atoms with van der Waals surface area (Å²) >= 11 is 0. The summed E-state index contributed by atoms with van der Waals surface area (Å²) in [4.78, 5) is 0. The summed E-state index contributed by atoms with van der Waals surface area (Å²) in [6, 6.07) is 0.0827. The fraction of sp³-hybridized carbons (Fsp3) is 1.00. The predicted octanol–water partition coefficient (Wildman–Crippen LogP) is 4.91. The van der Waals surface area contributed by atoms with Gasteiger partial charge in [-0.05, 0) is 50.5 Å². The van der Waals surface area contributed by atoms with Gasteiger partial charge in [0.15, 0.2) is 0 Å². The van der Waals surface area contributed by atoms with Gasteiger partial charge in [0.25, 0.3) is 0 Å². The van der Waals surface area contributed by atoms with E-state index >= 15 is 0 Å². The van der Waals surface area contributed by atoms with Gasteiger partial charge in [-0.2, -0.15) is 13.2 Å². The summed E-state index contributed by atoms with van der Waals surface area (Å²) in [5, 5.41) is 3.43. The molecule has 1 nitrogen and oxygen atoms in total. The molecule has 0 radical (unpaired) electrons. The molecule has 20 heavy (non-hydrogen) atoms. The molecule has 1 N–H and O–H groups in total. The van der Waals surface area contributed by atoms with Gasteiger partial charge in [0.05, 0.1) is 5.92 Å². The first-order valence-corrected chi connectivity index (χ1v) is 8.29. The first-order chi connectivity index (χ1) is 9.49. The third kappa shape index (κ3) is 4.64. The van der Waals surface area contributed by atoms with Crippen molar-refractivity contribution >= 4 is 0 Å². The molecule has 0 aliphatic heterocycles. The molecule has 0 aromatic carbocycles. The minimum atomic E-state index is -4.00. The lowest BCUT2D eigenvalue weighted by Gasteiger charge is -2.33. The van der Waals surface area contributed by atoms with Crippen LogP contribution in [0.2, 0.25) is 0 Å². The lowest BCUT2D eigenvalue weighted by Crippen LogP contribution is -2.41. The van der Waals surface area contributed by atoms with Crippen molar-refractivity contribution in [3.63, 3.8) is 0 Å². The van der Waals surface area contributed by atoms with Crippen molar-refractivity contribution in [2.75, 3.05) is 6.54 Å². The molecule has 2 unspecified atom stereocenters. The topological polar surface area (TPSA) is 12.0 Å². The molecule has 2 fully saturated rings. The quantitative estimate of drug-likeness (QED) is 0.775. The third-order valence-corrected chi connectivity index (χ3v) is 5.38. The summed E-state index contributed by atoms with van der Waals surface area (Å²) in [6.07, 6.45) is 4.62. The number of hydrogen-bond donors (Lipinski definition) is 1. The Hall–Kier alpha value is -0.250. The second kappa shape index (κ2) is 7.15. The number of halogens is 3. The molecule has 2 rings (SSSR count). The fourth-order valence-electron chi connectivity index (χ4n) is 3.85. The highest BCUT2D eigenvalue weighted by Gasteiger charge is 2.42. The van der Waals surface area contributed by atoms with Gasteiger partial charge in [-0.1, -0.05) is 32.6 Å². The van der Waals surface area contributed by atoms with Crippen LogP contribution in [0.1, 0.15) is 64.7 Å². The van der Waals surface area contributed by atoms with Crippen LogP contribution in [0.4, 0.5) is 13.2 Å². The van der Waals surface area contributed by atoms with Gasteiger partial charge in [-0.25, -0.2) is 0 Å². The number of rotatable bonds is 4. The zero-order valence-corrected chi connectivity index (χ0v) is 12.5. The van der Waals surface area contributed by atoms with Crippen molar-refractivity contribution in [3.05, 3.63) is 0 Å².